The molecule has 2 aromatic rings. The summed E-state index contributed by atoms with van der Waals surface area (Å²) < 4.78 is 3.75. The summed E-state index contributed by atoms with van der Waals surface area (Å²) >= 11 is 1.40. The van der Waals surface area contributed by atoms with Crippen LogP contribution in [0.3, 0.4) is 0 Å². The highest BCUT2D eigenvalue weighted by molar-refractivity contribution is 7.99. The van der Waals surface area contributed by atoms with Crippen molar-refractivity contribution in [3.05, 3.63) is 23.8 Å². The van der Waals surface area contributed by atoms with E-state index in [1.807, 2.05) is 22.7 Å². The molecule has 2 aromatic heterocycles. The summed E-state index contributed by atoms with van der Waals surface area (Å²) in [5.41, 5.74) is 1.75. The second-order valence-corrected chi connectivity index (χ2v) is 7.69. The fourth-order valence-electron chi connectivity index (χ4n) is 3.12. The van der Waals surface area contributed by atoms with Gasteiger partial charge in [-0.3, -0.25) is 9.48 Å². The van der Waals surface area contributed by atoms with Gasteiger partial charge in [0.15, 0.2) is 5.16 Å². The van der Waals surface area contributed by atoms with Crippen LogP contribution in [0.5, 0.6) is 0 Å². The topological polar surface area (TPSA) is 89.1 Å². The van der Waals surface area contributed by atoms with Crippen molar-refractivity contribution >= 4 is 17.7 Å². The number of nitrogens with zero attached hydrogens (tertiary/aromatic N) is 6. The zero-order valence-corrected chi connectivity index (χ0v) is 15.0. The van der Waals surface area contributed by atoms with Gasteiger partial charge in [0.2, 0.25) is 5.91 Å². The minimum atomic E-state index is -0.463. The highest BCUT2D eigenvalue weighted by Crippen LogP contribution is 2.40. The highest BCUT2D eigenvalue weighted by atomic mass is 32.2. The third kappa shape index (κ3) is 3.57. The Morgan fingerprint density at radius 3 is 3.00 bits per heavy atom. The van der Waals surface area contributed by atoms with E-state index in [0.29, 0.717) is 18.2 Å². The number of aromatic nitrogens is 5. The van der Waals surface area contributed by atoms with Crippen LogP contribution < -0.4 is 0 Å². The number of aliphatic hydroxyl groups excluding tert-OH is 1. The largest absolute Gasteiger partial charge is 0.386 e. The molecule has 0 spiro atoms. The number of aryl methyl sites for hydroxylation is 2. The summed E-state index contributed by atoms with van der Waals surface area (Å²) in [6.07, 6.45) is 4.19. The molecule has 0 aromatic carbocycles. The van der Waals surface area contributed by atoms with Crippen LogP contribution in [0.25, 0.3) is 0 Å². The lowest BCUT2D eigenvalue weighted by molar-refractivity contribution is -0.128. The van der Waals surface area contributed by atoms with Crippen LogP contribution in [0, 0.1) is 5.92 Å². The second-order valence-electron chi connectivity index (χ2n) is 6.75. The summed E-state index contributed by atoms with van der Waals surface area (Å²) in [4.78, 5) is 14.5. The molecule has 0 radical (unpaired) electrons. The maximum Gasteiger partial charge on any atom is 0.233 e. The minimum absolute atomic E-state index is 0.0898. The normalized spacial score (nSPS) is 18.7. The van der Waals surface area contributed by atoms with Crippen LogP contribution in [0.2, 0.25) is 0 Å². The molecule has 1 saturated carbocycles. The van der Waals surface area contributed by atoms with Gasteiger partial charge in [-0.1, -0.05) is 11.8 Å². The summed E-state index contributed by atoms with van der Waals surface area (Å²) in [6, 6.07) is 1.96. The Bertz CT molecular complexity index is 769. The van der Waals surface area contributed by atoms with Crippen molar-refractivity contribution in [2.45, 2.75) is 43.6 Å². The van der Waals surface area contributed by atoms with Crippen molar-refractivity contribution in [2.75, 3.05) is 12.3 Å². The Morgan fingerprint density at radius 2 is 2.28 bits per heavy atom. The van der Waals surface area contributed by atoms with Gasteiger partial charge in [-0.15, -0.1) is 10.2 Å². The quantitative estimate of drug-likeness (QED) is 0.798. The molecule has 1 amide bonds. The molecule has 9 heteroatoms. The molecule has 0 unspecified atom stereocenters. The van der Waals surface area contributed by atoms with Gasteiger partial charge in [0.25, 0.3) is 0 Å². The molecule has 0 saturated heterocycles. The van der Waals surface area contributed by atoms with E-state index in [4.69, 9.17) is 0 Å². The zero-order valence-electron chi connectivity index (χ0n) is 14.2. The predicted molar refractivity (Wildman–Crippen MR) is 91.7 cm³/mol. The first-order chi connectivity index (χ1) is 12.1. The van der Waals surface area contributed by atoms with Gasteiger partial charge in [-0.25, -0.2) is 0 Å². The Morgan fingerprint density at radius 1 is 1.44 bits per heavy atom. The SMILES string of the molecule is Cn1cnnc1SCC(=O)N1CCCn2nc([C@@H](O)C3CC3)cc2C1. The lowest BCUT2D eigenvalue weighted by Crippen LogP contribution is -2.32. The van der Waals surface area contributed by atoms with Crippen molar-refractivity contribution in [1.82, 2.24) is 29.4 Å². The maximum absolute atomic E-state index is 12.6. The van der Waals surface area contributed by atoms with Gasteiger partial charge in [0.1, 0.15) is 12.4 Å². The van der Waals surface area contributed by atoms with Gasteiger partial charge in [0, 0.05) is 20.1 Å². The Balaban J connectivity index is 1.41. The first kappa shape index (κ1) is 16.6. The Labute approximate surface area is 150 Å². The highest BCUT2D eigenvalue weighted by Gasteiger charge is 2.33. The fraction of sp³-hybridized carbons (Fsp3) is 0.625. The molecule has 0 bridgehead atoms. The third-order valence-corrected chi connectivity index (χ3v) is 5.77. The molecule has 2 aliphatic rings. The second kappa shape index (κ2) is 6.80. The van der Waals surface area contributed by atoms with Gasteiger partial charge in [-0.2, -0.15) is 5.10 Å². The van der Waals surface area contributed by atoms with Gasteiger partial charge < -0.3 is 14.6 Å². The number of hydrogen-bond donors (Lipinski definition) is 1. The van der Waals surface area contributed by atoms with E-state index in [-0.39, 0.29) is 5.91 Å². The van der Waals surface area contributed by atoms with E-state index in [1.165, 1.54) is 11.8 Å². The van der Waals surface area contributed by atoms with Crippen LogP contribution in [-0.2, 0) is 24.9 Å². The minimum Gasteiger partial charge on any atom is -0.386 e. The summed E-state index contributed by atoms with van der Waals surface area (Å²) in [5, 5.41) is 23.4. The molecule has 25 heavy (non-hydrogen) atoms. The molecular formula is C16H22N6O2S. The first-order valence-corrected chi connectivity index (χ1v) is 9.59. The molecule has 3 heterocycles. The van der Waals surface area contributed by atoms with E-state index < -0.39 is 6.10 Å². The number of amides is 1. The molecule has 134 valence electrons. The van der Waals surface area contributed by atoms with Gasteiger partial charge >= 0.3 is 0 Å². The van der Waals surface area contributed by atoms with Crippen LogP contribution >= 0.6 is 11.8 Å². The van der Waals surface area contributed by atoms with E-state index in [0.717, 1.165) is 48.9 Å². The summed E-state index contributed by atoms with van der Waals surface area (Å²) in [7, 11) is 1.87. The van der Waals surface area contributed by atoms with Crippen molar-refractivity contribution in [1.29, 1.82) is 0 Å². The van der Waals surface area contributed by atoms with E-state index in [2.05, 4.69) is 15.3 Å². The van der Waals surface area contributed by atoms with E-state index in [9.17, 15) is 9.90 Å². The van der Waals surface area contributed by atoms with E-state index >= 15 is 0 Å². The zero-order chi connectivity index (χ0) is 17.4. The molecular weight excluding hydrogens is 340 g/mol. The molecule has 8 nitrogen and oxygen atoms in total. The van der Waals surface area contributed by atoms with Gasteiger partial charge in [-0.05, 0) is 31.2 Å². The molecule has 1 aliphatic heterocycles. The van der Waals surface area contributed by atoms with Crippen LogP contribution in [0.4, 0.5) is 0 Å². The number of fused-ring (bicyclic) bond motifs is 1. The smallest absolute Gasteiger partial charge is 0.233 e. The van der Waals surface area contributed by atoms with Crippen LogP contribution in [-0.4, -0.2) is 52.8 Å². The average Bonchev–Trinajstić information content (AvgIpc) is 3.31. The van der Waals surface area contributed by atoms with Crippen molar-refractivity contribution < 1.29 is 9.90 Å². The van der Waals surface area contributed by atoms with Crippen LogP contribution in [0.15, 0.2) is 17.6 Å². The number of aliphatic hydroxyl groups is 1. The standard InChI is InChI=1S/C16H22N6O2S/c1-20-10-17-18-16(20)25-9-14(23)21-5-2-6-22-12(8-21)7-13(19-22)15(24)11-3-4-11/h7,10-11,15,24H,2-6,8-9H2,1H3/t15-/m0/s1. The lowest BCUT2D eigenvalue weighted by atomic mass is 10.1. The third-order valence-electron chi connectivity index (χ3n) is 4.75. The summed E-state index contributed by atoms with van der Waals surface area (Å²) in [6.45, 7) is 2.05. The predicted octanol–water partition coefficient (Wildman–Crippen LogP) is 0.980. The molecule has 1 fully saturated rings. The average molecular weight is 362 g/mol. The fourth-order valence-corrected chi connectivity index (χ4v) is 3.91. The Hall–Kier alpha value is -1.87. The molecule has 4 rings (SSSR count). The number of carbonyl (C=O) groups excluding carboxylic acids is 1. The van der Waals surface area contributed by atoms with Gasteiger partial charge in [0.05, 0.1) is 23.7 Å². The number of carbonyl (C=O) groups is 1. The number of rotatable bonds is 5. The monoisotopic (exact) mass is 362 g/mol. The Kier molecular flexibility index (Phi) is 4.51. The summed E-state index contributed by atoms with van der Waals surface area (Å²) in [5.74, 6) is 0.796. The lowest BCUT2D eigenvalue weighted by Gasteiger charge is -2.19. The van der Waals surface area contributed by atoms with Crippen molar-refractivity contribution in [2.24, 2.45) is 13.0 Å². The number of thioether (sulfide) groups is 1. The molecule has 1 aliphatic carbocycles. The molecule has 1 atom stereocenters. The van der Waals surface area contributed by atoms with E-state index in [1.54, 1.807) is 10.9 Å². The first-order valence-electron chi connectivity index (χ1n) is 8.61. The maximum atomic E-state index is 12.6. The van der Waals surface area contributed by atoms with Crippen LogP contribution in [0.1, 0.15) is 36.8 Å². The number of hydrogen-bond acceptors (Lipinski definition) is 6. The van der Waals surface area contributed by atoms with Crippen molar-refractivity contribution in [3.63, 3.8) is 0 Å². The van der Waals surface area contributed by atoms with Crippen molar-refractivity contribution in [3.8, 4) is 0 Å². The molecule has 1 N–H and O–H groups in total.